The van der Waals surface area contributed by atoms with Gasteiger partial charge in [0, 0.05) is 27.6 Å². The van der Waals surface area contributed by atoms with Gasteiger partial charge in [-0.15, -0.1) is 24.5 Å². The molecule has 224 valence electrons. The highest BCUT2D eigenvalue weighted by molar-refractivity contribution is 7.92. The van der Waals surface area contributed by atoms with Crippen molar-refractivity contribution >= 4 is 48.7 Å². The fourth-order valence-electron chi connectivity index (χ4n) is 4.28. The van der Waals surface area contributed by atoms with E-state index < -0.39 is 39.3 Å². The summed E-state index contributed by atoms with van der Waals surface area (Å²) in [5, 5.41) is 3.32. The zero-order valence-corrected chi connectivity index (χ0v) is 24.9. The molecular weight excluding hydrogens is 596 g/mol. The van der Waals surface area contributed by atoms with Crippen LogP contribution in [0, 0.1) is 5.82 Å². The summed E-state index contributed by atoms with van der Waals surface area (Å²) in [5.41, 5.74) is 0.193. The summed E-state index contributed by atoms with van der Waals surface area (Å²) < 4.78 is 89.9. The molecule has 0 bridgehead atoms. The smallest absolute Gasteiger partial charge is 0.491 e. The second-order valence-electron chi connectivity index (χ2n) is 10.5. The van der Waals surface area contributed by atoms with E-state index in [1.54, 1.807) is 64.1 Å². The van der Waals surface area contributed by atoms with Crippen LogP contribution in [0.15, 0.2) is 60.7 Å². The standard InChI is InChI=1S/C29H28F4N2O5S2/c1-16(2)39-23-12-19(13-24(15-23)40-29(31,32)33)28(3,4)18-10-20(30)14-22(11-18)34-27(36)26-9-17-8-21(35-42(5,37)38)6-7-25(17)41-26/h6-16,35H,1-5H3,(H,34,36). The Morgan fingerprint density at radius 2 is 1.57 bits per heavy atom. The van der Waals surface area contributed by atoms with E-state index in [4.69, 9.17) is 4.74 Å². The molecule has 0 saturated heterocycles. The minimum Gasteiger partial charge on any atom is -0.491 e. The predicted octanol–water partition coefficient (Wildman–Crippen LogP) is 7.68. The van der Waals surface area contributed by atoms with Gasteiger partial charge in [0.15, 0.2) is 0 Å². The highest BCUT2D eigenvalue weighted by atomic mass is 32.2. The Bertz CT molecular complexity index is 1750. The lowest BCUT2D eigenvalue weighted by molar-refractivity contribution is -0.274. The van der Waals surface area contributed by atoms with E-state index in [0.29, 0.717) is 27.1 Å². The molecule has 7 nitrogen and oxygen atoms in total. The average Bonchev–Trinajstić information content (AvgIpc) is 3.24. The van der Waals surface area contributed by atoms with Gasteiger partial charge in [0.25, 0.3) is 5.91 Å². The van der Waals surface area contributed by atoms with Gasteiger partial charge in [-0.05, 0) is 85.0 Å². The minimum atomic E-state index is -4.92. The molecule has 0 fully saturated rings. The van der Waals surface area contributed by atoms with Gasteiger partial charge < -0.3 is 14.8 Å². The van der Waals surface area contributed by atoms with Gasteiger partial charge in [-0.1, -0.05) is 13.8 Å². The Morgan fingerprint density at radius 3 is 2.21 bits per heavy atom. The normalized spacial score (nSPS) is 12.4. The number of rotatable bonds is 9. The van der Waals surface area contributed by atoms with Crippen LogP contribution < -0.4 is 19.5 Å². The van der Waals surface area contributed by atoms with E-state index in [9.17, 15) is 30.8 Å². The fourth-order valence-corrected chi connectivity index (χ4v) is 5.77. The summed E-state index contributed by atoms with van der Waals surface area (Å²) >= 11 is 1.17. The lowest BCUT2D eigenvalue weighted by Gasteiger charge is -2.28. The molecule has 42 heavy (non-hydrogen) atoms. The van der Waals surface area contributed by atoms with Crippen LogP contribution in [-0.2, 0) is 15.4 Å². The van der Waals surface area contributed by atoms with E-state index in [1.807, 2.05) is 0 Å². The highest BCUT2D eigenvalue weighted by Crippen LogP contribution is 2.39. The lowest BCUT2D eigenvalue weighted by atomic mass is 9.77. The SMILES string of the molecule is CC(C)Oc1cc(OC(F)(F)F)cc(C(C)(C)c2cc(F)cc(NC(=O)c3cc4cc(NS(C)(=O)=O)ccc4s3)c2)c1. The summed E-state index contributed by atoms with van der Waals surface area (Å²) in [7, 11) is -3.48. The van der Waals surface area contributed by atoms with Gasteiger partial charge in [-0.25, -0.2) is 12.8 Å². The predicted molar refractivity (Wildman–Crippen MR) is 156 cm³/mol. The van der Waals surface area contributed by atoms with Crippen LogP contribution >= 0.6 is 11.3 Å². The monoisotopic (exact) mass is 624 g/mol. The van der Waals surface area contributed by atoms with Gasteiger partial charge in [-0.3, -0.25) is 9.52 Å². The number of carbonyl (C=O) groups is 1. The molecule has 3 aromatic carbocycles. The molecule has 1 amide bonds. The van der Waals surface area contributed by atoms with E-state index in [1.165, 1.54) is 23.5 Å². The van der Waals surface area contributed by atoms with Crippen LogP contribution in [0.5, 0.6) is 11.5 Å². The molecule has 0 atom stereocenters. The summed E-state index contributed by atoms with van der Waals surface area (Å²) in [6.07, 6.45) is -4.22. The Balaban J connectivity index is 1.64. The Morgan fingerprint density at radius 1 is 0.905 bits per heavy atom. The third-order valence-electron chi connectivity index (χ3n) is 6.13. The number of benzene rings is 3. The van der Waals surface area contributed by atoms with Crippen molar-refractivity contribution in [2.24, 2.45) is 0 Å². The zero-order chi connectivity index (χ0) is 31.0. The van der Waals surface area contributed by atoms with Crippen LogP contribution in [-0.4, -0.2) is 33.0 Å². The van der Waals surface area contributed by atoms with Crippen LogP contribution in [0.3, 0.4) is 0 Å². The number of anilines is 2. The lowest BCUT2D eigenvalue weighted by Crippen LogP contribution is -2.22. The Labute approximate surface area is 244 Å². The van der Waals surface area contributed by atoms with E-state index >= 15 is 0 Å². The van der Waals surface area contributed by atoms with Gasteiger partial charge in [0.2, 0.25) is 10.0 Å². The maximum Gasteiger partial charge on any atom is 0.573 e. The maximum absolute atomic E-state index is 14.8. The molecule has 0 aliphatic rings. The van der Waals surface area contributed by atoms with Gasteiger partial charge in [-0.2, -0.15) is 0 Å². The number of fused-ring (bicyclic) bond motifs is 1. The molecule has 0 spiro atoms. The van der Waals surface area contributed by atoms with Crippen molar-refractivity contribution in [2.75, 3.05) is 16.3 Å². The molecular formula is C29H28F4N2O5S2. The number of nitrogens with one attached hydrogen (secondary N) is 2. The molecule has 0 radical (unpaired) electrons. The largest absolute Gasteiger partial charge is 0.573 e. The van der Waals surface area contributed by atoms with E-state index in [-0.39, 0.29) is 17.5 Å². The zero-order valence-electron chi connectivity index (χ0n) is 23.2. The number of alkyl halides is 3. The fraction of sp³-hybridized carbons (Fsp3) is 0.276. The molecule has 2 N–H and O–H groups in total. The molecule has 1 heterocycles. The summed E-state index contributed by atoms with van der Waals surface area (Å²) in [4.78, 5) is 13.4. The molecule has 4 aromatic rings. The average molecular weight is 625 g/mol. The van der Waals surface area contributed by atoms with Gasteiger partial charge in [0.05, 0.1) is 17.2 Å². The first-order chi connectivity index (χ1) is 19.4. The van der Waals surface area contributed by atoms with Crippen LogP contribution in [0.1, 0.15) is 48.5 Å². The number of sulfonamides is 1. The van der Waals surface area contributed by atoms with Crippen molar-refractivity contribution in [1.29, 1.82) is 0 Å². The van der Waals surface area contributed by atoms with Gasteiger partial charge >= 0.3 is 6.36 Å². The number of thiophene rings is 1. The highest BCUT2D eigenvalue weighted by Gasteiger charge is 2.33. The minimum absolute atomic E-state index is 0.140. The van der Waals surface area contributed by atoms with Crippen molar-refractivity contribution in [2.45, 2.75) is 45.6 Å². The first-order valence-electron chi connectivity index (χ1n) is 12.6. The molecule has 0 aliphatic heterocycles. The number of amides is 1. The topological polar surface area (TPSA) is 93.7 Å². The number of hydrogen-bond donors (Lipinski definition) is 2. The first kappa shape index (κ1) is 31.1. The molecule has 4 rings (SSSR count). The third kappa shape index (κ3) is 7.91. The number of hydrogen-bond acceptors (Lipinski definition) is 6. The first-order valence-corrected chi connectivity index (χ1v) is 15.3. The third-order valence-corrected chi connectivity index (χ3v) is 7.85. The Hall–Kier alpha value is -3.84. The molecule has 0 aliphatic carbocycles. The van der Waals surface area contributed by atoms with Gasteiger partial charge in [0.1, 0.15) is 17.3 Å². The second-order valence-corrected chi connectivity index (χ2v) is 13.3. The number of ether oxygens (including phenoxy) is 2. The quantitative estimate of drug-likeness (QED) is 0.186. The van der Waals surface area contributed by atoms with Crippen molar-refractivity contribution in [3.63, 3.8) is 0 Å². The molecule has 0 saturated carbocycles. The van der Waals surface area contributed by atoms with E-state index in [2.05, 4.69) is 14.8 Å². The van der Waals surface area contributed by atoms with Crippen molar-refractivity contribution in [3.05, 3.63) is 82.5 Å². The summed E-state index contributed by atoms with van der Waals surface area (Å²) in [6.45, 7) is 6.86. The van der Waals surface area contributed by atoms with Crippen LogP contribution in [0.2, 0.25) is 0 Å². The number of carbonyl (C=O) groups excluding carboxylic acids is 1. The van der Waals surface area contributed by atoms with Crippen molar-refractivity contribution in [3.8, 4) is 11.5 Å². The molecule has 0 unspecified atom stereocenters. The van der Waals surface area contributed by atoms with Crippen molar-refractivity contribution < 1.29 is 40.2 Å². The number of halogens is 4. The van der Waals surface area contributed by atoms with Crippen LogP contribution in [0.25, 0.3) is 10.1 Å². The summed E-state index contributed by atoms with van der Waals surface area (Å²) in [6, 6.07) is 14.3. The van der Waals surface area contributed by atoms with E-state index in [0.717, 1.165) is 23.1 Å². The second kappa shape index (κ2) is 11.4. The summed E-state index contributed by atoms with van der Waals surface area (Å²) in [5.74, 6) is -1.51. The van der Waals surface area contributed by atoms with Crippen LogP contribution in [0.4, 0.5) is 28.9 Å². The molecule has 1 aromatic heterocycles. The van der Waals surface area contributed by atoms with Crippen molar-refractivity contribution in [1.82, 2.24) is 0 Å². The molecule has 13 heteroatoms. The Kier molecular flexibility index (Phi) is 8.47. The maximum atomic E-state index is 14.8.